The highest BCUT2D eigenvalue weighted by Gasteiger charge is 2.19. The van der Waals surface area contributed by atoms with E-state index in [1.807, 2.05) is 31.2 Å². The second-order valence-corrected chi connectivity index (χ2v) is 7.82. The van der Waals surface area contributed by atoms with E-state index in [9.17, 15) is 12.8 Å². The molecule has 0 saturated heterocycles. The molecule has 112 valence electrons. The van der Waals surface area contributed by atoms with Gasteiger partial charge in [0, 0.05) is 16.7 Å². The zero-order chi connectivity index (χ0) is 15.6. The van der Waals surface area contributed by atoms with Crippen LogP contribution in [0, 0.1) is 12.7 Å². The number of ether oxygens (including phenoxy) is 1. The van der Waals surface area contributed by atoms with E-state index in [1.54, 1.807) is 0 Å². The van der Waals surface area contributed by atoms with Crippen LogP contribution in [0.5, 0.6) is 5.75 Å². The van der Waals surface area contributed by atoms with Gasteiger partial charge in [0.15, 0.2) is 0 Å². The van der Waals surface area contributed by atoms with Crippen LogP contribution >= 0.6 is 26.6 Å². The van der Waals surface area contributed by atoms with Crippen LogP contribution in [-0.4, -0.2) is 8.42 Å². The molecule has 0 spiro atoms. The standard InChI is InChI=1S/C14H11BrClFO3S/c1-9-3-2-4-10(5-9)8-20-13-7-12(17)14(6-11(13)15)21(16,18)19/h2-7H,8H2,1H3. The molecule has 0 saturated carbocycles. The van der Waals surface area contributed by atoms with E-state index in [1.165, 1.54) is 0 Å². The Labute approximate surface area is 135 Å². The largest absolute Gasteiger partial charge is 0.488 e. The number of hydrogen-bond acceptors (Lipinski definition) is 3. The van der Waals surface area contributed by atoms with Crippen LogP contribution in [0.3, 0.4) is 0 Å². The number of benzene rings is 2. The molecule has 21 heavy (non-hydrogen) atoms. The van der Waals surface area contributed by atoms with Crippen molar-refractivity contribution >= 4 is 35.7 Å². The molecule has 0 N–H and O–H groups in total. The first kappa shape index (κ1) is 16.3. The van der Waals surface area contributed by atoms with Gasteiger partial charge in [0.25, 0.3) is 9.05 Å². The minimum absolute atomic E-state index is 0.207. The average molecular weight is 394 g/mol. The van der Waals surface area contributed by atoms with Gasteiger partial charge < -0.3 is 4.74 Å². The van der Waals surface area contributed by atoms with Crippen molar-refractivity contribution in [2.45, 2.75) is 18.4 Å². The van der Waals surface area contributed by atoms with Gasteiger partial charge in [0.1, 0.15) is 23.1 Å². The third-order valence-electron chi connectivity index (χ3n) is 2.73. The van der Waals surface area contributed by atoms with Crippen molar-refractivity contribution in [3.63, 3.8) is 0 Å². The Morgan fingerprint density at radius 1 is 1.29 bits per heavy atom. The van der Waals surface area contributed by atoms with Crippen LogP contribution in [0.15, 0.2) is 45.8 Å². The molecule has 0 aromatic heterocycles. The number of aryl methyl sites for hydroxylation is 1. The molecular weight excluding hydrogens is 383 g/mol. The minimum atomic E-state index is -4.13. The predicted molar refractivity (Wildman–Crippen MR) is 82.6 cm³/mol. The fraction of sp³-hybridized carbons (Fsp3) is 0.143. The van der Waals surface area contributed by atoms with Crippen molar-refractivity contribution in [2.75, 3.05) is 0 Å². The summed E-state index contributed by atoms with van der Waals surface area (Å²) in [5.41, 5.74) is 2.02. The molecule has 2 aromatic rings. The Morgan fingerprint density at radius 2 is 2.00 bits per heavy atom. The summed E-state index contributed by atoms with van der Waals surface area (Å²) in [5.74, 6) is -0.745. The summed E-state index contributed by atoms with van der Waals surface area (Å²) < 4.78 is 42.0. The summed E-state index contributed by atoms with van der Waals surface area (Å²) in [5, 5.41) is 0. The molecule has 0 unspecified atom stereocenters. The van der Waals surface area contributed by atoms with Gasteiger partial charge in [-0.05, 0) is 34.5 Å². The first-order valence-corrected chi connectivity index (χ1v) is 8.99. The Balaban J connectivity index is 2.24. The number of halogens is 3. The third-order valence-corrected chi connectivity index (χ3v) is 4.68. The lowest BCUT2D eigenvalue weighted by molar-refractivity contribution is 0.302. The van der Waals surface area contributed by atoms with Crippen LogP contribution in [0.25, 0.3) is 0 Å². The van der Waals surface area contributed by atoms with Crippen molar-refractivity contribution in [2.24, 2.45) is 0 Å². The second-order valence-electron chi connectivity index (χ2n) is 4.43. The summed E-state index contributed by atoms with van der Waals surface area (Å²) in [6.07, 6.45) is 0. The van der Waals surface area contributed by atoms with Gasteiger partial charge in [-0.15, -0.1) is 0 Å². The maximum atomic E-state index is 13.8. The van der Waals surface area contributed by atoms with E-state index in [0.717, 1.165) is 23.3 Å². The Morgan fingerprint density at radius 3 is 2.62 bits per heavy atom. The van der Waals surface area contributed by atoms with E-state index >= 15 is 0 Å². The van der Waals surface area contributed by atoms with Crippen molar-refractivity contribution in [3.8, 4) is 5.75 Å². The molecule has 0 aliphatic rings. The lowest BCUT2D eigenvalue weighted by Crippen LogP contribution is -2.00. The monoisotopic (exact) mass is 392 g/mol. The first-order valence-electron chi connectivity index (χ1n) is 5.89. The highest BCUT2D eigenvalue weighted by molar-refractivity contribution is 9.10. The number of rotatable bonds is 4. The van der Waals surface area contributed by atoms with E-state index in [0.29, 0.717) is 4.47 Å². The third kappa shape index (κ3) is 4.18. The molecule has 0 amide bonds. The average Bonchev–Trinajstić information content (AvgIpc) is 2.38. The van der Waals surface area contributed by atoms with Crippen LogP contribution in [0.2, 0.25) is 0 Å². The van der Waals surface area contributed by atoms with Crippen molar-refractivity contribution in [1.29, 1.82) is 0 Å². The van der Waals surface area contributed by atoms with Crippen molar-refractivity contribution < 1.29 is 17.5 Å². The normalized spacial score (nSPS) is 11.4. The Hall–Kier alpha value is -1.11. The maximum Gasteiger partial charge on any atom is 0.264 e. The smallest absolute Gasteiger partial charge is 0.264 e. The van der Waals surface area contributed by atoms with Gasteiger partial charge in [-0.3, -0.25) is 0 Å². The van der Waals surface area contributed by atoms with Gasteiger partial charge >= 0.3 is 0 Å². The summed E-state index contributed by atoms with van der Waals surface area (Å²) in [6.45, 7) is 2.20. The Bertz CT molecular complexity index is 778. The maximum absolute atomic E-state index is 13.8. The molecule has 0 fully saturated rings. The first-order chi connectivity index (χ1) is 9.77. The molecule has 7 heteroatoms. The molecule has 0 heterocycles. The second kappa shape index (κ2) is 6.34. The molecule has 0 atom stereocenters. The molecule has 0 aliphatic heterocycles. The summed E-state index contributed by atoms with van der Waals surface area (Å²) >= 11 is 3.15. The van der Waals surface area contributed by atoms with E-state index in [-0.39, 0.29) is 12.4 Å². The SMILES string of the molecule is Cc1cccc(COc2cc(F)c(S(=O)(=O)Cl)cc2Br)c1. The van der Waals surface area contributed by atoms with Crippen LogP contribution < -0.4 is 4.74 Å². The van der Waals surface area contributed by atoms with Crippen molar-refractivity contribution in [1.82, 2.24) is 0 Å². The van der Waals surface area contributed by atoms with Gasteiger partial charge in [-0.25, -0.2) is 12.8 Å². The van der Waals surface area contributed by atoms with Crippen LogP contribution in [0.1, 0.15) is 11.1 Å². The lowest BCUT2D eigenvalue weighted by Gasteiger charge is -2.10. The van der Waals surface area contributed by atoms with Crippen LogP contribution in [-0.2, 0) is 15.7 Å². The van der Waals surface area contributed by atoms with Crippen LogP contribution in [0.4, 0.5) is 4.39 Å². The Kier molecular flexibility index (Phi) is 4.91. The molecule has 0 bridgehead atoms. The lowest BCUT2D eigenvalue weighted by atomic mass is 10.1. The molecule has 2 rings (SSSR count). The minimum Gasteiger partial charge on any atom is -0.488 e. The number of hydrogen-bond donors (Lipinski definition) is 0. The molecule has 2 aromatic carbocycles. The van der Waals surface area contributed by atoms with E-state index in [2.05, 4.69) is 15.9 Å². The molecule has 0 radical (unpaired) electrons. The molecule has 3 nitrogen and oxygen atoms in total. The van der Waals surface area contributed by atoms with Gasteiger partial charge in [0.2, 0.25) is 0 Å². The van der Waals surface area contributed by atoms with Gasteiger partial charge in [0.05, 0.1) is 4.47 Å². The molecular formula is C14H11BrClFO3S. The van der Waals surface area contributed by atoms with E-state index in [4.69, 9.17) is 15.4 Å². The van der Waals surface area contributed by atoms with Gasteiger partial charge in [-0.2, -0.15) is 0 Å². The zero-order valence-electron chi connectivity index (χ0n) is 10.9. The quantitative estimate of drug-likeness (QED) is 0.723. The highest BCUT2D eigenvalue weighted by atomic mass is 79.9. The molecule has 0 aliphatic carbocycles. The van der Waals surface area contributed by atoms with E-state index < -0.39 is 19.8 Å². The predicted octanol–water partition coefficient (Wildman–Crippen LogP) is 4.40. The van der Waals surface area contributed by atoms with Crippen molar-refractivity contribution in [3.05, 3.63) is 57.8 Å². The fourth-order valence-corrected chi connectivity index (χ4v) is 3.29. The van der Waals surface area contributed by atoms with Gasteiger partial charge in [-0.1, -0.05) is 29.8 Å². The zero-order valence-corrected chi connectivity index (χ0v) is 14.1. The summed E-state index contributed by atoms with van der Waals surface area (Å²) in [7, 11) is 1.02. The summed E-state index contributed by atoms with van der Waals surface area (Å²) in [6, 6.07) is 9.77. The fourth-order valence-electron chi connectivity index (χ4n) is 1.77. The summed E-state index contributed by atoms with van der Waals surface area (Å²) in [4.78, 5) is -0.584. The topological polar surface area (TPSA) is 43.4 Å². The highest BCUT2D eigenvalue weighted by Crippen LogP contribution is 2.32.